The minimum Gasteiger partial charge on any atom is -0.460 e. The second-order valence-corrected chi connectivity index (χ2v) is 10.9. The first-order chi connectivity index (χ1) is 19.4. The smallest absolute Gasteiger partial charge is 0.134 e. The summed E-state index contributed by atoms with van der Waals surface area (Å²) in [6, 6.07) is 28.3. The first kappa shape index (κ1) is 22.6. The van der Waals surface area contributed by atoms with Crippen LogP contribution >= 0.6 is 0 Å². The third-order valence-electron chi connectivity index (χ3n) is 8.69. The number of allylic oxidation sites excluding steroid dienone is 2. The highest BCUT2D eigenvalue weighted by molar-refractivity contribution is 5.99. The second kappa shape index (κ2) is 9.13. The number of aryl methyl sites for hydroxylation is 1. The molecular weight excluding hydrogens is 472 g/mol. The molecule has 0 radical (unpaired) electrons. The van der Waals surface area contributed by atoms with Gasteiger partial charge in [-0.25, -0.2) is 0 Å². The molecule has 1 heterocycles. The number of benzene rings is 4. The van der Waals surface area contributed by atoms with Crippen molar-refractivity contribution in [1.29, 1.82) is 0 Å². The lowest BCUT2D eigenvalue weighted by atomic mass is 9.77. The van der Waals surface area contributed by atoms with Gasteiger partial charge in [-0.1, -0.05) is 97.1 Å². The van der Waals surface area contributed by atoms with Gasteiger partial charge in [0, 0.05) is 17.4 Å². The first-order valence-electron chi connectivity index (χ1n) is 14.3. The minimum atomic E-state index is 0.950. The number of para-hydroxylation sites is 1. The molecule has 188 valence electrons. The molecule has 0 aliphatic heterocycles. The van der Waals surface area contributed by atoms with Gasteiger partial charge in [0.05, 0.1) is 0 Å². The number of rotatable bonds is 3. The van der Waals surface area contributed by atoms with E-state index in [4.69, 9.17) is 4.42 Å². The maximum Gasteiger partial charge on any atom is 0.134 e. The maximum atomic E-state index is 6.26. The molecule has 0 bridgehead atoms. The van der Waals surface area contributed by atoms with Crippen LogP contribution in [0.4, 0.5) is 0 Å². The molecule has 1 nitrogen and oxygen atoms in total. The Morgan fingerprint density at radius 3 is 2.21 bits per heavy atom. The Kier molecular flexibility index (Phi) is 5.29. The zero-order chi connectivity index (χ0) is 25.8. The lowest BCUT2D eigenvalue weighted by Gasteiger charge is -2.26. The van der Waals surface area contributed by atoms with Gasteiger partial charge < -0.3 is 4.42 Å². The first-order valence-corrected chi connectivity index (χ1v) is 14.3. The topological polar surface area (TPSA) is 13.1 Å². The third-order valence-corrected chi connectivity index (χ3v) is 8.69. The molecule has 3 aliphatic rings. The van der Waals surface area contributed by atoms with Gasteiger partial charge in [0.1, 0.15) is 11.3 Å². The predicted octanol–water partition coefficient (Wildman–Crippen LogP) is 8.57. The van der Waals surface area contributed by atoms with Crippen molar-refractivity contribution in [3.63, 3.8) is 0 Å². The summed E-state index contributed by atoms with van der Waals surface area (Å²) >= 11 is 0. The Hall–Kier alpha value is -4.36. The van der Waals surface area contributed by atoms with E-state index in [0.717, 1.165) is 49.9 Å². The molecule has 0 amide bonds. The van der Waals surface area contributed by atoms with Crippen molar-refractivity contribution < 1.29 is 4.42 Å². The molecule has 5 aromatic rings. The SMILES string of the molecule is C1=Cc2c(c(-c3ccccc3-c3ccccc3)c3c(c2C2=Cc4c(oc5ccccc45)CC2)=CCCC=3)CC1. The van der Waals surface area contributed by atoms with Crippen LogP contribution in [0.15, 0.2) is 89.4 Å². The second-order valence-electron chi connectivity index (χ2n) is 10.9. The van der Waals surface area contributed by atoms with Crippen LogP contribution in [-0.2, 0) is 12.8 Å². The van der Waals surface area contributed by atoms with Crippen molar-refractivity contribution in [3.05, 3.63) is 123 Å². The zero-order valence-corrected chi connectivity index (χ0v) is 22.0. The molecule has 0 saturated heterocycles. The van der Waals surface area contributed by atoms with Crippen LogP contribution in [0.5, 0.6) is 0 Å². The summed E-state index contributed by atoms with van der Waals surface area (Å²) in [7, 11) is 0. The Labute approximate surface area is 229 Å². The molecule has 0 atom stereocenters. The summed E-state index contributed by atoms with van der Waals surface area (Å²) in [5.74, 6) is 1.13. The van der Waals surface area contributed by atoms with E-state index in [9.17, 15) is 0 Å². The highest BCUT2D eigenvalue weighted by Gasteiger charge is 2.26. The maximum absolute atomic E-state index is 6.26. The molecule has 0 saturated carbocycles. The molecule has 0 spiro atoms. The molecule has 0 unspecified atom stereocenters. The van der Waals surface area contributed by atoms with E-state index in [1.807, 2.05) is 0 Å². The van der Waals surface area contributed by atoms with Crippen molar-refractivity contribution in [2.24, 2.45) is 0 Å². The van der Waals surface area contributed by atoms with Crippen LogP contribution in [0.2, 0.25) is 0 Å². The van der Waals surface area contributed by atoms with Crippen LogP contribution < -0.4 is 10.4 Å². The van der Waals surface area contributed by atoms with Gasteiger partial charge in [-0.2, -0.15) is 0 Å². The molecule has 0 N–H and O–H groups in total. The Bertz CT molecular complexity index is 1950. The van der Waals surface area contributed by atoms with Crippen molar-refractivity contribution in [2.45, 2.75) is 38.5 Å². The van der Waals surface area contributed by atoms with Gasteiger partial charge in [-0.15, -0.1) is 0 Å². The van der Waals surface area contributed by atoms with Gasteiger partial charge in [-0.3, -0.25) is 0 Å². The van der Waals surface area contributed by atoms with Gasteiger partial charge in [-0.05, 0) is 99.2 Å². The molecule has 8 rings (SSSR count). The van der Waals surface area contributed by atoms with E-state index in [0.29, 0.717) is 0 Å². The van der Waals surface area contributed by atoms with E-state index in [1.165, 1.54) is 65.9 Å². The minimum absolute atomic E-state index is 0.950. The summed E-state index contributed by atoms with van der Waals surface area (Å²) in [4.78, 5) is 0. The van der Waals surface area contributed by atoms with Gasteiger partial charge >= 0.3 is 0 Å². The number of furan rings is 1. The average molecular weight is 503 g/mol. The van der Waals surface area contributed by atoms with Crippen LogP contribution in [0.1, 0.15) is 53.7 Å². The van der Waals surface area contributed by atoms with Crippen LogP contribution in [0, 0.1) is 0 Å². The monoisotopic (exact) mass is 502 g/mol. The largest absolute Gasteiger partial charge is 0.460 e. The summed E-state index contributed by atoms with van der Waals surface area (Å²) in [6.07, 6.45) is 18.5. The van der Waals surface area contributed by atoms with Gasteiger partial charge in [0.2, 0.25) is 0 Å². The number of hydrogen-bond donors (Lipinski definition) is 0. The molecular formula is C38H30O. The van der Waals surface area contributed by atoms with Crippen molar-refractivity contribution in [1.82, 2.24) is 0 Å². The lowest BCUT2D eigenvalue weighted by molar-refractivity contribution is 0.547. The van der Waals surface area contributed by atoms with Crippen LogP contribution in [0.25, 0.3) is 63.1 Å². The Morgan fingerprint density at radius 2 is 1.33 bits per heavy atom. The van der Waals surface area contributed by atoms with Crippen LogP contribution in [0.3, 0.4) is 0 Å². The van der Waals surface area contributed by atoms with Gasteiger partial charge in [0.15, 0.2) is 0 Å². The fraction of sp³-hybridized carbons (Fsp3) is 0.158. The zero-order valence-electron chi connectivity index (χ0n) is 22.0. The molecule has 39 heavy (non-hydrogen) atoms. The van der Waals surface area contributed by atoms with E-state index in [1.54, 1.807) is 0 Å². The quantitative estimate of drug-likeness (QED) is 0.241. The molecule has 1 aromatic heterocycles. The average Bonchev–Trinajstić information content (AvgIpc) is 3.38. The number of fused-ring (bicyclic) bond motifs is 5. The van der Waals surface area contributed by atoms with Crippen molar-refractivity contribution in [2.75, 3.05) is 0 Å². The van der Waals surface area contributed by atoms with E-state index >= 15 is 0 Å². The third kappa shape index (κ3) is 3.61. The summed E-state index contributed by atoms with van der Waals surface area (Å²) in [5.41, 5.74) is 13.5. The Morgan fingerprint density at radius 1 is 0.590 bits per heavy atom. The number of hydrogen-bond acceptors (Lipinski definition) is 1. The normalized spacial score (nSPS) is 15.5. The molecule has 1 heteroatoms. The van der Waals surface area contributed by atoms with E-state index in [2.05, 4.69) is 109 Å². The summed E-state index contributed by atoms with van der Waals surface area (Å²) in [6.45, 7) is 0. The van der Waals surface area contributed by atoms with Gasteiger partial charge in [0.25, 0.3) is 0 Å². The Balaban J connectivity index is 1.43. The fourth-order valence-electron chi connectivity index (χ4n) is 6.99. The van der Waals surface area contributed by atoms with Crippen molar-refractivity contribution >= 4 is 40.8 Å². The standard InChI is InChI=1S/C38H30O/c1-2-12-25(13-3-1)27-14-4-5-16-29(27)38-32-19-8-6-17-30(32)37(31-18-7-9-20-33(31)38)26-22-23-36-34(24-26)28-15-10-11-21-35(28)39-36/h1-6,10-18,20-21,24H,7-9,19,22-23H2. The molecule has 4 aromatic carbocycles. The highest BCUT2D eigenvalue weighted by Crippen LogP contribution is 2.41. The predicted molar refractivity (Wildman–Crippen MR) is 164 cm³/mol. The van der Waals surface area contributed by atoms with E-state index < -0.39 is 0 Å². The summed E-state index contributed by atoms with van der Waals surface area (Å²) in [5, 5.41) is 4.08. The van der Waals surface area contributed by atoms with Crippen LogP contribution in [-0.4, -0.2) is 0 Å². The molecule has 0 fully saturated rings. The highest BCUT2D eigenvalue weighted by atomic mass is 16.3. The summed E-state index contributed by atoms with van der Waals surface area (Å²) < 4.78 is 6.26. The van der Waals surface area contributed by atoms with Crippen molar-refractivity contribution in [3.8, 4) is 22.3 Å². The fourth-order valence-corrected chi connectivity index (χ4v) is 6.99. The molecule has 3 aliphatic carbocycles. The van der Waals surface area contributed by atoms with E-state index in [-0.39, 0.29) is 0 Å². The lowest BCUT2D eigenvalue weighted by Crippen LogP contribution is -2.35.